The highest BCUT2D eigenvalue weighted by Gasteiger charge is 2.42. The van der Waals surface area contributed by atoms with Gasteiger partial charge in [0.05, 0.1) is 17.7 Å². The molecular formula is C11H8F2N2O4. The first-order chi connectivity index (χ1) is 8.84. The molecule has 19 heavy (non-hydrogen) atoms. The van der Waals surface area contributed by atoms with E-state index in [1.54, 1.807) is 0 Å². The van der Waals surface area contributed by atoms with Gasteiger partial charge in [-0.2, -0.15) is 8.78 Å². The number of halogens is 2. The van der Waals surface area contributed by atoms with Crippen LogP contribution < -0.4 is 5.43 Å². The molecule has 2 rings (SSSR count). The number of aliphatic carboxylic acids is 1. The minimum atomic E-state index is -4.07. The summed E-state index contributed by atoms with van der Waals surface area (Å²) in [5.74, 6) is -7.99. The Morgan fingerprint density at radius 1 is 1.21 bits per heavy atom. The molecule has 0 fully saturated rings. The summed E-state index contributed by atoms with van der Waals surface area (Å²) >= 11 is 0. The molecule has 0 spiro atoms. The summed E-state index contributed by atoms with van der Waals surface area (Å²) in [6.07, 6.45) is 0. The third-order valence-corrected chi connectivity index (χ3v) is 2.57. The highest BCUT2D eigenvalue weighted by Crippen LogP contribution is 2.21. The van der Waals surface area contributed by atoms with Gasteiger partial charge in [0, 0.05) is 0 Å². The van der Waals surface area contributed by atoms with Gasteiger partial charge in [0.25, 0.3) is 11.8 Å². The average Bonchev–Trinajstić information content (AvgIpc) is 2.60. The van der Waals surface area contributed by atoms with Crippen molar-refractivity contribution in [2.45, 2.75) is 5.92 Å². The van der Waals surface area contributed by atoms with Crippen molar-refractivity contribution < 1.29 is 28.3 Å². The Morgan fingerprint density at radius 3 is 2.11 bits per heavy atom. The number of hydrazine groups is 1. The summed E-state index contributed by atoms with van der Waals surface area (Å²) in [5.41, 5.74) is 2.02. The van der Waals surface area contributed by atoms with E-state index in [9.17, 15) is 23.2 Å². The van der Waals surface area contributed by atoms with Gasteiger partial charge in [-0.3, -0.25) is 9.59 Å². The number of hydrogen-bond acceptors (Lipinski definition) is 4. The number of amides is 2. The normalized spacial score (nSPS) is 14.7. The van der Waals surface area contributed by atoms with Gasteiger partial charge in [0.15, 0.2) is 0 Å². The molecule has 0 saturated heterocycles. The first kappa shape index (κ1) is 13.1. The molecule has 1 aliphatic heterocycles. The van der Waals surface area contributed by atoms with Crippen LogP contribution in [0.4, 0.5) is 8.78 Å². The summed E-state index contributed by atoms with van der Waals surface area (Å²) in [6, 6.07) is 5.82. The fourth-order valence-corrected chi connectivity index (χ4v) is 1.59. The predicted octanol–water partition coefficient (Wildman–Crippen LogP) is 0.507. The first-order valence-electron chi connectivity index (χ1n) is 5.17. The van der Waals surface area contributed by atoms with Crippen LogP contribution in [0.1, 0.15) is 20.7 Å². The molecule has 1 heterocycles. The lowest BCUT2D eigenvalue weighted by atomic mass is 10.1. The van der Waals surface area contributed by atoms with E-state index in [1.807, 2.05) is 5.43 Å². The molecule has 2 N–H and O–H groups in total. The summed E-state index contributed by atoms with van der Waals surface area (Å²) in [7, 11) is 0. The number of nitrogens with zero attached hydrogens (tertiary/aromatic N) is 1. The standard InChI is InChI=1S/C11H8F2N2O4/c12-11(13,10(18)19)5-14-15-8(16)6-3-1-2-4-7(6)9(15)17/h1-4,14H,5H2,(H,18,19). The fourth-order valence-electron chi connectivity index (χ4n) is 1.59. The van der Waals surface area contributed by atoms with E-state index in [1.165, 1.54) is 24.3 Å². The predicted molar refractivity (Wildman–Crippen MR) is 57.5 cm³/mol. The van der Waals surface area contributed by atoms with Crippen LogP contribution in [0, 0.1) is 0 Å². The van der Waals surface area contributed by atoms with Gasteiger partial charge in [-0.1, -0.05) is 12.1 Å². The minimum Gasteiger partial charge on any atom is -0.477 e. The minimum absolute atomic E-state index is 0.0821. The molecule has 0 saturated carbocycles. The molecule has 0 radical (unpaired) electrons. The number of imide groups is 1. The Labute approximate surface area is 105 Å². The molecule has 0 unspecified atom stereocenters. The van der Waals surface area contributed by atoms with Gasteiger partial charge in [-0.05, 0) is 12.1 Å². The highest BCUT2D eigenvalue weighted by atomic mass is 19.3. The molecule has 8 heteroatoms. The Hall–Kier alpha value is -2.35. The van der Waals surface area contributed by atoms with Gasteiger partial charge >= 0.3 is 11.9 Å². The third kappa shape index (κ3) is 2.17. The van der Waals surface area contributed by atoms with Gasteiger partial charge in [-0.25, -0.2) is 15.2 Å². The van der Waals surface area contributed by atoms with Crippen LogP contribution in [0.25, 0.3) is 0 Å². The molecule has 6 nitrogen and oxygen atoms in total. The van der Waals surface area contributed by atoms with Crippen molar-refractivity contribution in [3.05, 3.63) is 35.4 Å². The van der Waals surface area contributed by atoms with E-state index in [0.717, 1.165) is 0 Å². The van der Waals surface area contributed by atoms with E-state index in [0.29, 0.717) is 5.01 Å². The van der Waals surface area contributed by atoms with E-state index in [4.69, 9.17) is 5.11 Å². The maximum absolute atomic E-state index is 12.9. The molecule has 2 amide bonds. The first-order valence-corrected chi connectivity index (χ1v) is 5.17. The fraction of sp³-hybridized carbons (Fsp3) is 0.182. The summed E-state index contributed by atoms with van der Waals surface area (Å²) in [4.78, 5) is 33.7. The van der Waals surface area contributed by atoms with Crippen molar-refractivity contribution in [2.75, 3.05) is 6.54 Å². The molecule has 1 aromatic carbocycles. The lowest BCUT2D eigenvalue weighted by Gasteiger charge is -2.18. The molecule has 0 atom stereocenters. The number of fused-ring (bicyclic) bond motifs is 1. The van der Waals surface area contributed by atoms with Crippen molar-refractivity contribution >= 4 is 17.8 Å². The van der Waals surface area contributed by atoms with E-state index in [2.05, 4.69) is 0 Å². The zero-order valence-electron chi connectivity index (χ0n) is 9.39. The summed E-state index contributed by atoms with van der Waals surface area (Å²) in [5, 5.41) is 8.63. The molecule has 1 aliphatic rings. The van der Waals surface area contributed by atoms with Crippen LogP contribution in [-0.2, 0) is 4.79 Å². The van der Waals surface area contributed by atoms with E-state index in [-0.39, 0.29) is 11.1 Å². The quantitative estimate of drug-likeness (QED) is 0.778. The SMILES string of the molecule is O=C1c2ccccc2C(=O)N1NCC(F)(F)C(=O)O. The van der Waals surface area contributed by atoms with Crippen molar-refractivity contribution in [2.24, 2.45) is 0 Å². The van der Waals surface area contributed by atoms with Gasteiger partial charge in [0.2, 0.25) is 0 Å². The van der Waals surface area contributed by atoms with Crippen molar-refractivity contribution in [1.82, 2.24) is 10.4 Å². The van der Waals surface area contributed by atoms with E-state index < -0.39 is 30.3 Å². The molecule has 1 aromatic rings. The second-order valence-electron chi connectivity index (χ2n) is 3.84. The molecule has 100 valence electrons. The third-order valence-electron chi connectivity index (χ3n) is 2.57. The molecule has 0 aliphatic carbocycles. The summed E-state index contributed by atoms with van der Waals surface area (Å²) in [6.45, 7) is -1.35. The number of hydrogen-bond donors (Lipinski definition) is 2. The summed E-state index contributed by atoms with van der Waals surface area (Å²) < 4.78 is 25.7. The number of alkyl halides is 2. The van der Waals surface area contributed by atoms with Crippen LogP contribution in [0.15, 0.2) is 24.3 Å². The van der Waals surface area contributed by atoms with Gasteiger partial charge < -0.3 is 5.11 Å². The lowest BCUT2D eigenvalue weighted by Crippen LogP contribution is -2.50. The monoisotopic (exact) mass is 270 g/mol. The number of carboxylic acids is 1. The molecular weight excluding hydrogens is 262 g/mol. The van der Waals surface area contributed by atoms with Crippen LogP contribution in [0.5, 0.6) is 0 Å². The lowest BCUT2D eigenvalue weighted by molar-refractivity contribution is -0.164. The number of carbonyl (C=O) groups excluding carboxylic acids is 2. The van der Waals surface area contributed by atoms with Crippen LogP contribution in [-0.4, -0.2) is 40.4 Å². The maximum Gasteiger partial charge on any atom is 0.376 e. The number of rotatable bonds is 4. The van der Waals surface area contributed by atoms with Crippen LogP contribution in [0.2, 0.25) is 0 Å². The number of carbonyl (C=O) groups is 3. The number of carboxylic acid groups (broad SMARTS) is 1. The zero-order chi connectivity index (χ0) is 14.2. The molecule has 0 bridgehead atoms. The van der Waals surface area contributed by atoms with Crippen molar-refractivity contribution in [1.29, 1.82) is 0 Å². The van der Waals surface area contributed by atoms with Crippen LogP contribution >= 0.6 is 0 Å². The Bertz CT molecular complexity index is 539. The zero-order valence-corrected chi connectivity index (χ0v) is 9.39. The topological polar surface area (TPSA) is 86.7 Å². The average molecular weight is 270 g/mol. The Kier molecular flexibility index (Phi) is 3.03. The smallest absolute Gasteiger partial charge is 0.376 e. The van der Waals surface area contributed by atoms with Crippen molar-refractivity contribution in [3.63, 3.8) is 0 Å². The second kappa shape index (κ2) is 4.39. The largest absolute Gasteiger partial charge is 0.477 e. The van der Waals surface area contributed by atoms with E-state index >= 15 is 0 Å². The van der Waals surface area contributed by atoms with Crippen LogP contribution in [0.3, 0.4) is 0 Å². The van der Waals surface area contributed by atoms with Gasteiger partial charge in [-0.15, -0.1) is 0 Å². The van der Waals surface area contributed by atoms with Gasteiger partial charge in [0.1, 0.15) is 0 Å². The van der Waals surface area contributed by atoms with Crippen molar-refractivity contribution in [3.8, 4) is 0 Å². The maximum atomic E-state index is 12.9. The second-order valence-corrected chi connectivity index (χ2v) is 3.84. The Morgan fingerprint density at radius 2 is 1.68 bits per heavy atom. The molecule has 0 aromatic heterocycles. The number of nitrogens with one attached hydrogen (secondary N) is 1. The Balaban J connectivity index is 2.15. The number of benzene rings is 1. The highest BCUT2D eigenvalue weighted by molar-refractivity contribution is 6.20.